The lowest BCUT2D eigenvalue weighted by molar-refractivity contribution is -0.127. The van der Waals surface area contributed by atoms with Crippen LogP contribution in [0, 0.1) is 5.92 Å². The molecule has 1 fully saturated rings. The molecule has 0 spiro atoms. The Hall–Kier alpha value is -0.910. The standard InChI is InChI=1S/C15H25N3OS/c1-11(2)14(13-5-4-10-20-13)17-15(19)12(3)18-8-6-16-7-9-18/h4-5,10-12,14,16H,6-9H2,1-3H3,(H,17,19). The minimum absolute atomic E-state index is 0.0571. The van der Waals surface area contributed by atoms with Gasteiger partial charge in [0.15, 0.2) is 0 Å². The molecule has 0 saturated carbocycles. The van der Waals surface area contributed by atoms with Gasteiger partial charge in [-0.3, -0.25) is 9.69 Å². The van der Waals surface area contributed by atoms with Crippen LogP contribution in [0.1, 0.15) is 31.7 Å². The Morgan fingerprint density at radius 2 is 2.05 bits per heavy atom. The van der Waals surface area contributed by atoms with Gasteiger partial charge in [-0.2, -0.15) is 0 Å². The van der Waals surface area contributed by atoms with E-state index in [1.54, 1.807) is 11.3 Å². The second-order valence-corrected chi connectivity index (χ2v) is 6.69. The van der Waals surface area contributed by atoms with E-state index < -0.39 is 0 Å². The Morgan fingerprint density at radius 1 is 1.35 bits per heavy atom. The molecule has 1 aromatic heterocycles. The van der Waals surface area contributed by atoms with Crippen molar-refractivity contribution in [1.29, 1.82) is 0 Å². The maximum atomic E-state index is 12.5. The van der Waals surface area contributed by atoms with E-state index >= 15 is 0 Å². The Morgan fingerprint density at radius 3 is 2.60 bits per heavy atom. The highest BCUT2D eigenvalue weighted by Crippen LogP contribution is 2.26. The molecule has 0 aromatic carbocycles. The highest BCUT2D eigenvalue weighted by Gasteiger charge is 2.26. The van der Waals surface area contributed by atoms with Gasteiger partial charge in [0, 0.05) is 31.1 Å². The molecule has 1 saturated heterocycles. The molecule has 2 unspecified atom stereocenters. The molecule has 1 amide bonds. The van der Waals surface area contributed by atoms with Crippen LogP contribution in [0.5, 0.6) is 0 Å². The molecule has 0 bridgehead atoms. The van der Waals surface area contributed by atoms with Crippen molar-refractivity contribution in [3.05, 3.63) is 22.4 Å². The van der Waals surface area contributed by atoms with E-state index in [1.807, 2.05) is 13.0 Å². The lowest BCUT2D eigenvalue weighted by atomic mass is 10.0. The van der Waals surface area contributed by atoms with Gasteiger partial charge in [-0.05, 0) is 24.3 Å². The molecule has 112 valence electrons. The van der Waals surface area contributed by atoms with E-state index in [-0.39, 0.29) is 18.0 Å². The molecule has 2 heterocycles. The Balaban J connectivity index is 1.97. The molecular formula is C15H25N3OS. The van der Waals surface area contributed by atoms with E-state index in [0.717, 1.165) is 26.2 Å². The van der Waals surface area contributed by atoms with Crippen molar-refractivity contribution in [2.75, 3.05) is 26.2 Å². The minimum atomic E-state index is -0.0571. The highest BCUT2D eigenvalue weighted by atomic mass is 32.1. The van der Waals surface area contributed by atoms with Crippen LogP contribution in [0.2, 0.25) is 0 Å². The number of piperazine rings is 1. The average Bonchev–Trinajstić information content (AvgIpc) is 2.98. The fourth-order valence-corrected chi connectivity index (χ4v) is 3.49. The van der Waals surface area contributed by atoms with Crippen LogP contribution in [0.3, 0.4) is 0 Å². The molecule has 1 aliphatic rings. The summed E-state index contributed by atoms with van der Waals surface area (Å²) in [5, 5.41) is 8.61. The van der Waals surface area contributed by atoms with Gasteiger partial charge in [0.1, 0.15) is 0 Å². The monoisotopic (exact) mass is 295 g/mol. The number of rotatable bonds is 5. The highest BCUT2D eigenvalue weighted by molar-refractivity contribution is 7.10. The quantitative estimate of drug-likeness (QED) is 0.871. The van der Waals surface area contributed by atoms with Gasteiger partial charge in [-0.15, -0.1) is 11.3 Å². The van der Waals surface area contributed by atoms with E-state index in [1.165, 1.54) is 4.88 Å². The summed E-state index contributed by atoms with van der Waals surface area (Å²) in [4.78, 5) is 16.0. The van der Waals surface area contributed by atoms with E-state index in [0.29, 0.717) is 5.92 Å². The molecule has 1 aromatic rings. The van der Waals surface area contributed by atoms with Crippen molar-refractivity contribution < 1.29 is 4.79 Å². The summed E-state index contributed by atoms with van der Waals surface area (Å²) in [6, 6.07) is 4.21. The van der Waals surface area contributed by atoms with Gasteiger partial charge in [-0.25, -0.2) is 0 Å². The third-order valence-corrected chi connectivity index (χ3v) is 4.85. The van der Waals surface area contributed by atoms with Crippen molar-refractivity contribution in [2.24, 2.45) is 5.92 Å². The Labute approximate surface area is 125 Å². The smallest absolute Gasteiger partial charge is 0.237 e. The first-order chi connectivity index (χ1) is 9.59. The van der Waals surface area contributed by atoms with Gasteiger partial charge in [-0.1, -0.05) is 19.9 Å². The molecule has 4 nitrogen and oxygen atoms in total. The van der Waals surface area contributed by atoms with Gasteiger partial charge in [0.2, 0.25) is 5.91 Å². The average molecular weight is 295 g/mol. The molecule has 5 heteroatoms. The van der Waals surface area contributed by atoms with E-state index in [2.05, 4.69) is 40.8 Å². The second-order valence-electron chi connectivity index (χ2n) is 5.71. The van der Waals surface area contributed by atoms with Crippen LogP contribution in [0.25, 0.3) is 0 Å². The summed E-state index contributed by atoms with van der Waals surface area (Å²) >= 11 is 1.71. The van der Waals surface area contributed by atoms with Crippen molar-refractivity contribution in [2.45, 2.75) is 32.9 Å². The van der Waals surface area contributed by atoms with Crippen LogP contribution in [-0.4, -0.2) is 43.0 Å². The zero-order chi connectivity index (χ0) is 14.5. The molecule has 0 aliphatic carbocycles. The number of carbonyl (C=O) groups excluding carboxylic acids is 1. The van der Waals surface area contributed by atoms with Crippen LogP contribution in [-0.2, 0) is 4.79 Å². The number of thiophene rings is 1. The molecule has 1 aliphatic heterocycles. The van der Waals surface area contributed by atoms with Crippen LogP contribution >= 0.6 is 11.3 Å². The maximum absolute atomic E-state index is 12.5. The van der Waals surface area contributed by atoms with Crippen molar-refractivity contribution in [1.82, 2.24) is 15.5 Å². The Bertz CT molecular complexity index is 413. The lowest BCUT2D eigenvalue weighted by Gasteiger charge is -2.33. The first kappa shape index (κ1) is 15.5. The van der Waals surface area contributed by atoms with Crippen molar-refractivity contribution in [3.63, 3.8) is 0 Å². The maximum Gasteiger partial charge on any atom is 0.237 e. The lowest BCUT2D eigenvalue weighted by Crippen LogP contribution is -2.53. The van der Waals surface area contributed by atoms with Gasteiger partial charge >= 0.3 is 0 Å². The molecule has 0 radical (unpaired) electrons. The fraction of sp³-hybridized carbons (Fsp3) is 0.667. The predicted molar refractivity (Wildman–Crippen MR) is 83.9 cm³/mol. The summed E-state index contributed by atoms with van der Waals surface area (Å²) in [7, 11) is 0. The van der Waals surface area contributed by atoms with Gasteiger partial charge < -0.3 is 10.6 Å². The first-order valence-corrected chi connectivity index (χ1v) is 8.26. The molecule has 20 heavy (non-hydrogen) atoms. The number of hydrogen-bond acceptors (Lipinski definition) is 4. The fourth-order valence-electron chi connectivity index (χ4n) is 2.54. The second kappa shape index (κ2) is 7.20. The number of nitrogens with one attached hydrogen (secondary N) is 2. The summed E-state index contributed by atoms with van der Waals surface area (Å²) in [5.41, 5.74) is 0. The largest absolute Gasteiger partial charge is 0.347 e. The summed E-state index contributed by atoms with van der Waals surface area (Å²) in [5.74, 6) is 0.534. The third kappa shape index (κ3) is 3.81. The predicted octanol–water partition coefficient (Wildman–Crippen LogP) is 1.86. The van der Waals surface area contributed by atoms with Crippen LogP contribution in [0.4, 0.5) is 0 Å². The van der Waals surface area contributed by atoms with Crippen molar-refractivity contribution >= 4 is 17.2 Å². The van der Waals surface area contributed by atoms with Gasteiger partial charge in [0.05, 0.1) is 12.1 Å². The summed E-state index contributed by atoms with van der Waals surface area (Å²) in [6.45, 7) is 10.1. The van der Waals surface area contributed by atoms with Crippen molar-refractivity contribution in [3.8, 4) is 0 Å². The molecule has 2 atom stereocenters. The van der Waals surface area contributed by atoms with Crippen LogP contribution in [0.15, 0.2) is 17.5 Å². The topological polar surface area (TPSA) is 44.4 Å². The summed E-state index contributed by atoms with van der Waals surface area (Å²) < 4.78 is 0. The minimum Gasteiger partial charge on any atom is -0.347 e. The zero-order valence-electron chi connectivity index (χ0n) is 12.6. The van der Waals surface area contributed by atoms with E-state index in [4.69, 9.17) is 0 Å². The normalized spacial score (nSPS) is 19.8. The summed E-state index contributed by atoms with van der Waals surface area (Å²) in [6.07, 6.45) is 0. The number of nitrogens with zero attached hydrogens (tertiary/aromatic N) is 1. The Kier molecular flexibility index (Phi) is 5.57. The SMILES string of the molecule is CC(C)C(NC(=O)C(C)N1CCNCC1)c1cccs1. The molecule has 2 N–H and O–H groups in total. The van der Waals surface area contributed by atoms with Gasteiger partial charge in [0.25, 0.3) is 0 Å². The number of hydrogen-bond donors (Lipinski definition) is 2. The first-order valence-electron chi connectivity index (χ1n) is 7.38. The molecular weight excluding hydrogens is 270 g/mol. The van der Waals surface area contributed by atoms with Crippen LogP contribution < -0.4 is 10.6 Å². The zero-order valence-corrected chi connectivity index (χ0v) is 13.4. The third-order valence-electron chi connectivity index (χ3n) is 3.89. The number of carbonyl (C=O) groups is 1. The van der Waals surface area contributed by atoms with E-state index in [9.17, 15) is 4.79 Å². The number of amides is 1. The molecule has 2 rings (SSSR count).